The number of imide groups is 1. The van der Waals surface area contributed by atoms with E-state index in [9.17, 15) is 29.1 Å². The summed E-state index contributed by atoms with van der Waals surface area (Å²) in [6.07, 6.45) is -1.37. The van der Waals surface area contributed by atoms with Gasteiger partial charge in [-0.25, -0.2) is 0 Å². The number of nitrogens with two attached hydrogens (primary N) is 3. The van der Waals surface area contributed by atoms with E-state index in [2.05, 4.69) is 15.6 Å². The number of benzene rings is 1. The number of aliphatic imine (C=N–C) groups is 1. The van der Waals surface area contributed by atoms with Crippen LogP contribution in [-0.2, 0) is 24.0 Å². The Hall–Kier alpha value is -3.84. The number of nitrogens with zero attached hydrogens (tertiary/aromatic N) is 1. The third-order valence-electron chi connectivity index (χ3n) is 7.33. The van der Waals surface area contributed by atoms with Gasteiger partial charge in [0.15, 0.2) is 29.5 Å². The summed E-state index contributed by atoms with van der Waals surface area (Å²) in [6, 6.07) is 6.63. The average molecular weight is 589 g/mol. The third-order valence-corrected chi connectivity index (χ3v) is 7.33. The summed E-state index contributed by atoms with van der Waals surface area (Å²) in [5, 5.41) is 15.3. The zero-order valence-electron chi connectivity index (χ0n) is 24.7. The molecule has 1 aromatic rings. The number of rotatable bonds is 15. The molecule has 0 spiro atoms. The Labute approximate surface area is 246 Å². The fourth-order valence-electron chi connectivity index (χ4n) is 5.00. The molecule has 5 atom stereocenters. The second-order valence-electron chi connectivity index (χ2n) is 11.4. The van der Waals surface area contributed by atoms with E-state index in [0.29, 0.717) is 12.2 Å². The van der Waals surface area contributed by atoms with Gasteiger partial charge in [-0.1, -0.05) is 45.9 Å². The first-order valence-electron chi connectivity index (χ1n) is 14.1. The van der Waals surface area contributed by atoms with Gasteiger partial charge < -0.3 is 32.4 Å². The number of ketones is 2. The average Bonchev–Trinajstić information content (AvgIpc) is 3.14. The van der Waals surface area contributed by atoms with Crippen molar-refractivity contribution < 1.29 is 33.8 Å². The van der Waals surface area contributed by atoms with Crippen LogP contribution in [0.3, 0.4) is 0 Å². The van der Waals surface area contributed by atoms with E-state index in [4.69, 9.17) is 21.9 Å². The summed E-state index contributed by atoms with van der Waals surface area (Å²) < 4.78 is 5.39. The number of aliphatic hydroxyl groups excluding tert-OH is 1. The van der Waals surface area contributed by atoms with E-state index in [0.717, 1.165) is 0 Å². The molecule has 1 saturated carbocycles. The minimum Gasteiger partial charge on any atom is -0.484 e. The highest BCUT2D eigenvalue weighted by atomic mass is 16.5. The fraction of sp³-hybridized carbons (Fsp3) is 0.586. The summed E-state index contributed by atoms with van der Waals surface area (Å²) in [7, 11) is 0. The fourth-order valence-corrected chi connectivity index (χ4v) is 5.00. The van der Waals surface area contributed by atoms with Crippen molar-refractivity contribution in [2.45, 2.75) is 71.6 Å². The number of nitrogens with one attached hydrogen (secondary N) is 2. The molecule has 0 saturated heterocycles. The number of amides is 3. The van der Waals surface area contributed by atoms with Gasteiger partial charge >= 0.3 is 0 Å². The van der Waals surface area contributed by atoms with Crippen molar-refractivity contribution in [3.05, 3.63) is 30.3 Å². The van der Waals surface area contributed by atoms with Crippen LogP contribution in [0.15, 0.2) is 35.3 Å². The molecule has 1 aliphatic rings. The van der Waals surface area contributed by atoms with Crippen molar-refractivity contribution >= 4 is 35.2 Å². The number of carbonyl (C=O) groups excluding carboxylic acids is 5. The SMILES string of the molecule is CC(C)C[C@H](N)[C@@H](O)CC(C(=O)NC(=O)[C@@]1(CCN=C(N)N)C(=O)C[C@H](NC(=O)COc2ccccc2)C1=O)C(C)C. The smallest absolute Gasteiger partial charge is 0.258 e. The number of hydrogen-bond donors (Lipinski definition) is 6. The van der Waals surface area contributed by atoms with Crippen LogP contribution in [0.1, 0.15) is 53.4 Å². The Morgan fingerprint density at radius 3 is 2.31 bits per heavy atom. The molecule has 0 radical (unpaired) electrons. The Morgan fingerprint density at radius 1 is 1.10 bits per heavy atom. The van der Waals surface area contributed by atoms with Crippen LogP contribution in [0.25, 0.3) is 0 Å². The molecular weight excluding hydrogens is 544 g/mol. The molecule has 0 bridgehead atoms. The molecule has 1 aliphatic carbocycles. The van der Waals surface area contributed by atoms with Crippen molar-refractivity contribution in [1.82, 2.24) is 10.6 Å². The Balaban J connectivity index is 2.22. The largest absolute Gasteiger partial charge is 0.484 e. The highest BCUT2D eigenvalue weighted by molar-refractivity contribution is 6.31. The Kier molecular flexibility index (Phi) is 12.6. The molecule has 1 fully saturated rings. The summed E-state index contributed by atoms with van der Waals surface area (Å²) in [5.41, 5.74) is 14.6. The van der Waals surface area contributed by atoms with Crippen LogP contribution in [0.5, 0.6) is 5.75 Å². The van der Waals surface area contributed by atoms with Gasteiger partial charge in [0.05, 0.1) is 12.1 Å². The van der Waals surface area contributed by atoms with E-state index in [1.807, 2.05) is 13.8 Å². The number of ether oxygens (including phenoxy) is 1. The molecule has 1 aromatic carbocycles. The summed E-state index contributed by atoms with van der Waals surface area (Å²) >= 11 is 0. The van der Waals surface area contributed by atoms with Crippen molar-refractivity contribution in [2.24, 2.45) is 45.4 Å². The van der Waals surface area contributed by atoms with Gasteiger partial charge in [-0.15, -0.1) is 0 Å². The predicted molar refractivity (Wildman–Crippen MR) is 156 cm³/mol. The van der Waals surface area contributed by atoms with Gasteiger partial charge in [0.25, 0.3) is 5.91 Å². The van der Waals surface area contributed by atoms with E-state index in [1.54, 1.807) is 44.2 Å². The van der Waals surface area contributed by atoms with Gasteiger partial charge in [0.2, 0.25) is 11.8 Å². The van der Waals surface area contributed by atoms with Crippen LogP contribution >= 0.6 is 0 Å². The highest BCUT2D eigenvalue weighted by Gasteiger charge is 2.60. The highest BCUT2D eigenvalue weighted by Crippen LogP contribution is 2.36. The first-order valence-corrected chi connectivity index (χ1v) is 14.1. The molecule has 13 heteroatoms. The van der Waals surface area contributed by atoms with E-state index >= 15 is 0 Å². The van der Waals surface area contributed by atoms with Crippen molar-refractivity contribution in [1.29, 1.82) is 0 Å². The lowest BCUT2D eigenvalue weighted by molar-refractivity contribution is -0.149. The standard InChI is InChI=1S/C29H44N6O7/c1-16(2)12-20(30)22(36)13-19(17(3)4)26(40)35-27(41)29(10-11-33-28(31)32)23(37)14-21(25(29)39)34-24(38)15-42-18-8-6-5-7-9-18/h5-9,16-17,19-22,36H,10-15,30H2,1-4H3,(H,34,38)(H4,31,32,33)(H,35,40,41)/t19?,20-,21-,22-,29-/m0/s1. The number of hydrogen-bond acceptors (Lipinski definition) is 9. The summed E-state index contributed by atoms with van der Waals surface area (Å²) in [6.45, 7) is 6.74. The summed E-state index contributed by atoms with van der Waals surface area (Å²) in [4.78, 5) is 70.1. The lowest BCUT2D eigenvalue weighted by Gasteiger charge is -2.29. The van der Waals surface area contributed by atoms with Gasteiger partial charge in [-0.3, -0.25) is 34.3 Å². The Morgan fingerprint density at radius 2 is 1.74 bits per heavy atom. The number of aliphatic hydroxyl groups is 1. The molecule has 0 heterocycles. The molecule has 42 heavy (non-hydrogen) atoms. The molecule has 3 amide bonds. The van der Waals surface area contributed by atoms with Gasteiger partial charge in [-0.2, -0.15) is 0 Å². The first kappa shape index (κ1) is 34.4. The first-order chi connectivity index (χ1) is 19.7. The van der Waals surface area contributed by atoms with Gasteiger partial charge in [0.1, 0.15) is 5.75 Å². The number of para-hydroxylation sites is 1. The normalized spacial score (nSPS) is 20.6. The maximum atomic E-state index is 13.6. The van der Waals surface area contributed by atoms with E-state index < -0.39 is 78.3 Å². The quantitative estimate of drug-likeness (QED) is 0.0896. The molecule has 0 aromatic heterocycles. The maximum absolute atomic E-state index is 13.6. The molecule has 0 aliphatic heterocycles. The van der Waals surface area contributed by atoms with Gasteiger partial charge in [0, 0.05) is 24.9 Å². The zero-order valence-corrected chi connectivity index (χ0v) is 24.7. The number of carbonyl (C=O) groups is 5. The molecule has 232 valence electrons. The molecular formula is C29H44N6O7. The zero-order chi connectivity index (χ0) is 31.6. The second-order valence-corrected chi connectivity index (χ2v) is 11.4. The monoisotopic (exact) mass is 588 g/mol. The van der Waals surface area contributed by atoms with Crippen molar-refractivity contribution in [2.75, 3.05) is 13.2 Å². The predicted octanol–water partition coefficient (Wildman–Crippen LogP) is -0.219. The number of Topliss-reactive ketones (excluding diaryl/α,β-unsaturated/α-hetero) is 2. The van der Waals surface area contributed by atoms with Crippen LogP contribution in [-0.4, -0.2) is 71.7 Å². The second kappa shape index (κ2) is 15.4. The lowest BCUT2D eigenvalue weighted by atomic mass is 9.78. The molecule has 1 unspecified atom stereocenters. The third kappa shape index (κ3) is 9.08. The van der Waals surface area contributed by atoms with E-state index in [1.165, 1.54) is 0 Å². The van der Waals surface area contributed by atoms with Crippen LogP contribution in [0.4, 0.5) is 0 Å². The van der Waals surface area contributed by atoms with Crippen molar-refractivity contribution in [3.63, 3.8) is 0 Å². The minimum absolute atomic E-state index is 0.0202. The number of guanidine groups is 1. The van der Waals surface area contributed by atoms with Crippen molar-refractivity contribution in [3.8, 4) is 5.75 Å². The molecule has 9 N–H and O–H groups in total. The van der Waals surface area contributed by atoms with Crippen LogP contribution < -0.4 is 32.6 Å². The van der Waals surface area contributed by atoms with Crippen LogP contribution in [0.2, 0.25) is 0 Å². The topological polar surface area (TPSA) is 229 Å². The van der Waals surface area contributed by atoms with Gasteiger partial charge in [-0.05, 0) is 43.2 Å². The lowest BCUT2D eigenvalue weighted by Crippen LogP contribution is -2.54. The molecule has 2 rings (SSSR count). The molecule has 13 nitrogen and oxygen atoms in total. The van der Waals surface area contributed by atoms with Crippen LogP contribution in [0, 0.1) is 23.2 Å². The van der Waals surface area contributed by atoms with E-state index in [-0.39, 0.29) is 30.8 Å². The minimum atomic E-state index is -2.30. The maximum Gasteiger partial charge on any atom is 0.258 e. The Bertz CT molecular complexity index is 1150. The summed E-state index contributed by atoms with van der Waals surface area (Å²) in [5.74, 6) is -5.01.